The van der Waals surface area contributed by atoms with E-state index in [2.05, 4.69) is 42.7 Å². The summed E-state index contributed by atoms with van der Waals surface area (Å²) in [5, 5.41) is 9.86. The molecule has 0 saturated carbocycles. The van der Waals surface area contributed by atoms with Crippen molar-refractivity contribution in [1.82, 2.24) is 0 Å². The number of hydrazone groups is 2. The fourth-order valence-electron chi connectivity index (χ4n) is 4.32. The molecule has 0 amide bonds. The van der Waals surface area contributed by atoms with Gasteiger partial charge >= 0.3 is 0 Å². The first-order valence-electron chi connectivity index (χ1n) is 13.1. The summed E-state index contributed by atoms with van der Waals surface area (Å²) in [6.45, 7) is 0. The number of hydrogen-bond donors (Lipinski definition) is 2. The van der Waals surface area contributed by atoms with E-state index in [-0.39, 0.29) is 0 Å². The highest BCUT2D eigenvalue weighted by Gasteiger charge is 2.20. The quantitative estimate of drug-likeness (QED) is 0.114. The van der Waals surface area contributed by atoms with Crippen LogP contribution in [0.2, 0.25) is 0 Å². The van der Waals surface area contributed by atoms with Gasteiger partial charge in [0, 0.05) is 31.2 Å². The maximum absolute atomic E-state index is 5.77. The third-order valence-corrected chi connectivity index (χ3v) is 7.50. The van der Waals surface area contributed by atoms with Gasteiger partial charge in [0.2, 0.25) is 0 Å². The molecule has 5 aromatic carbocycles. The summed E-state index contributed by atoms with van der Waals surface area (Å²) in [6.07, 6.45) is 0. The summed E-state index contributed by atoms with van der Waals surface area (Å²) in [6, 6.07) is 39.5. The van der Waals surface area contributed by atoms with Crippen molar-refractivity contribution < 1.29 is 9.47 Å². The van der Waals surface area contributed by atoms with Gasteiger partial charge in [-0.1, -0.05) is 68.3 Å². The van der Waals surface area contributed by atoms with Crippen LogP contribution in [0.3, 0.4) is 0 Å². The van der Waals surface area contributed by atoms with E-state index in [1.807, 2.05) is 121 Å². The van der Waals surface area contributed by atoms with Crippen LogP contribution in [0, 0.1) is 0 Å². The standard InChI is InChI=1S/C34H28Br2N4O2/c1-41-28-21-11-23(12-22-28)33(39-37-26-17-13-24(35)14-18-26)29-7-3-4-8-30(29)34(31-9-5-6-10-32(31)42-2)40-38-27-19-15-25(36)16-20-27/h3-22,37-38H,1-2H3/b39-33+,40-34+. The molecule has 5 aromatic rings. The van der Waals surface area contributed by atoms with Gasteiger partial charge in [0.15, 0.2) is 0 Å². The van der Waals surface area contributed by atoms with Crippen LogP contribution < -0.4 is 20.3 Å². The van der Waals surface area contributed by atoms with Crippen LogP contribution in [0.5, 0.6) is 11.5 Å². The van der Waals surface area contributed by atoms with E-state index in [0.29, 0.717) is 11.5 Å². The molecule has 0 aliphatic rings. The lowest BCUT2D eigenvalue weighted by Crippen LogP contribution is -2.16. The van der Waals surface area contributed by atoms with Gasteiger partial charge in [-0.15, -0.1) is 0 Å². The summed E-state index contributed by atoms with van der Waals surface area (Å²) in [5.74, 6) is 1.47. The SMILES string of the molecule is COc1ccc(/C(=N\Nc2ccc(Br)cc2)c2ccccc2/C(=N\Nc2ccc(Br)cc2)c2ccccc2OC)cc1. The highest BCUT2D eigenvalue weighted by molar-refractivity contribution is 9.10. The fourth-order valence-corrected chi connectivity index (χ4v) is 4.85. The number of nitrogens with one attached hydrogen (secondary N) is 2. The molecule has 8 heteroatoms. The molecule has 42 heavy (non-hydrogen) atoms. The maximum Gasteiger partial charge on any atom is 0.128 e. The number of halogens is 2. The van der Waals surface area contributed by atoms with Crippen LogP contribution in [0.15, 0.2) is 140 Å². The number of rotatable bonds is 10. The van der Waals surface area contributed by atoms with Crippen molar-refractivity contribution >= 4 is 54.7 Å². The second-order valence-electron chi connectivity index (χ2n) is 9.13. The predicted molar refractivity (Wildman–Crippen MR) is 179 cm³/mol. The molecule has 0 heterocycles. The molecule has 0 aliphatic carbocycles. The Labute approximate surface area is 262 Å². The van der Waals surface area contributed by atoms with E-state index in [1.54, 1.807) is 14.2 Å². The van der Waals surface area contributed by atoms with Crippen molar-refractivity contribution in [2.24, 2.45) is 10.2 Å². The van der Waals surface area contributed by atoms with Crippen molar-refractivity contribution in [3.05, 3.63) is 153 Å². The molecule has 0 aromatic heterocycles. The van der Waals surface area contributed by atoms with Crippen molar-refractivity contribution in [1.29, 1.82) is 0 Å². The Morgan fingerprint density at radius 1 is 0.524 bits per heavy atom. The number of hydrogen-bond acceptors (Lipinski definition) is 6. The minimum atomic E-state index is 0.704. The summed E-state index contributed by atoms with van der Waals surface area (Å²) in [4.78, 5) is 0. The molecule has 6 nitrogen and oxygen atoms in total. The molecule has 0 unspecified atom stereocenters. The van der Waals surface area contributed by atoms with E-state index in [4.69, 9.17) is 19.7 Å². The van der Waals surface area contributed by atoms with Crippen LogP contribution in [-0.2, 0) is 0 Å². The largest absolute Gasteiger partial charge is 0.497 e. The molecule has 0 spiro atoms. The molecule has 5 rings (SSSR count). The zero-order valence-corrected chi connectivity index (χ0v) is 26.2. The third-order valence-electron chi connectivity index (χ3n) is 6.44. The van der Waals surface area contributed by atoms with E-state index < -0.39 is 0 Å². The summed E-state index contributed by atoms with van der Waals surface area (Å²) >= 11 is 7.00. The maximum atomic E-state index is 5.77. The lowest BCUT2D eigenvalue weighted by atomic mass is 9.92. The first-order chi connectivity index (χ1) is 20.6. The van der Waals surface area contributed by atoms with Crippen LogP contribution in [-0.4, -0.2) is 25.6 Å². The second-order valence-corrected chi connectivity index (χ2v) is 11.0. The molecule has 0 radical (unpaired) electrons. The highest BCUT2D eigenvalue weighted by Crippen LogP contribution is 2.27. The van der Waals surface area contributed by atoms with Gasteiger partial charge in [-0.2, -0.15) is 10.2 Å². The van der Waals surface area contributed by atoms with Gasteiger partial charge in [0.25, 0.3) is 0 Å². The average Bonchev–Trinajstić information content (AvgIpc) is 3.04. The number of methoxy groups -OCH3 is 2. The minimum Gasteiger partial charge on any atom is -0.497 e. The third kappa shape index (κ3) is 7.08. The lowest BCUT2D eigenvalue weighted by Gasteiger charge is -2.17. The van der Waals surface area contributed by atoms with E-state index in [1.165, 1.54) is 0 Å². The fraction of sp³-hybridized carbons (Fsp3) is 0.0588. The molecule has 210 valence electrons. The molecular weight excluding hydrogens is 656 g/mol. The second kappa shape index (κ2) is 14.0. The lowest BCUT2D eigenvalue weighted by molar-refractivity contribution is 0.414. The van der Waals surface area contributed by atoms with Gasteiger partial charge in [0.05, 0.1) is 31.3 Å². The van der Waals surface area contributed by atoms with Gasteiger partial charge in [-0.05, 0) is 84.9 Å². The van der Waals surface area contributed by atoms with Crippen LogP contribution >= 0.6 is 31.9 Å². The summed E-state index contributed by atoms with van der Waals surface area (Å²) < 4.78 is 13.2. The molecule has 0 bridgehead atoms. The van der Waals surface area contributed by atoms with E-state index in [0.717, 1.165) is 54.0 Å². The molecule has 0 saturated heterocycles. The summed E-state index contributed by atoms with van der Waals surface area (Å²) in [7, 11) is 3.32. The Hall–Kier alpha value is -4.40. The monoisotopic (exact) mass is 682 g/mol. The van der Waals surface area contributed by atoms with Gasteiger partial charge in [0.1, 0.15) is 17.2 Å². The number of ether oxygens (including phenoxy) is 2. The van der Waals surface area contributed by atoms with Gasteiger partial charge < -0.3 is 9.47 Å². The Morgan fingerprint density at radius 3 is 1.52 bits per heavy atom. The molecular formula is C34H28Br2N4O2. The number of para-hydroxylation sites is 1. The van der Waals surface area contributed by atoms with Crippen molar-refractivity contribution in [3.63, 3.8) is 0 Å². The van der Waals surface area contributed by atoms with Crippen LogP contribution in [0.25, 0.3) is 0 Å². The number of nitrogens with zero attached hydrogens (tertiary/aromatic N) is 2. The molecule has 0 atom stereocenters. The first-order valence-corrected chi connectivity index (χ1v) is 14.7. The average molecular weight is 684 g/mol. The highest BCUT2D eigenvalue weighted by atomic mass is 79.9. The Balaban J connectivity index is 1.67. The molecule has 0 fully saturated rings. The number of benzene rings is 5. The molecule has 0 aliphatic heterocycles. The topological polar surface area (TPSA) is 67.2 Å². The Bertz CT molecular complexity index is 1700. The normalized spacial score (nSPS) is 11.6. The van der Waals surface area contributed by atoms with Crippen LogP contribution in [0.1, 0.15) is 22.3 Å². The number of anilines is 2. The Morgan fingerprint density at radius 2 is 1.00 bits per heavy atom. The first kappa shape index (κ1) is 29.1. The Kier molecular flexibility index (Phi) is 9.69. The van der Waals surface area contributed by atoms with Gasteiger partial charge in [-0.3, -0.25) is 10.9 Å². The van der Waals surface area contributed by atoms with E-state index >= 15 is 0 Å². The van der Waals surface area contributed by atoms with Crippen molar-refractivity contribution in [3.8, 4) is 11.5 Å². The van der Waals surface area contributed by atoms with Crippen LogP contribution in [0.4, 0.5) is 11.4 Å². The smallest absolute Gasteiger partial charge is 0.128 e. The van der Waals surface area contributed by atoms with Crippen molar-refractivity contribution in [2.75, 3.05) is 25.1 Å². The summed E-state index contributed by atoms with van der Waals surface area (Å²) in [5.41, 5.74) is 13.1. The van der Waals surface area contributed by atoms with Crippen molar-refractivity contribution in [2.45, 2.75) is 0 Å². The van der Waals surface area contributed by atoms with E-state index in [9.17, 15) is 0 Å². The molecule has 2 N–H and O–H groups in total. The zero-order valence-electron chi connectivity index (χ0n) is 23.0. The van der Waals surface area contributed by atoms with Gasteiger partial charge in [-0.25, -0.2) is 0 Å². The zero-order chi connectivity index (χ0) is 29.3. The minimum absolute atomic E-state index is 0.704. The predicted octanol–water partition coefficient (Wildman–Crippen LogP) is 8.96.